The summed E-state index contributed by atoms with van der Waals surface area (Å²) in [5.74, 6) is 0.368. The van der Waals surface area contributed by atoms with Gasteiger partial charge in [0.2, 0.25) is 5.91 Å². The maximum Gasteiger partial charge on any atom is 0.303 e. The van der Waals surface area contributed by atoms with Crippen LogP contribution in [0.4, 0.5) is 0 Å². The first kappa shape index (κ1) is 14.2. The highest BCUT2D eigenvalue weighted by molar-refractivity contribution is 5.78. The zero-order valence-corrected chi connectivity index (χ0v) is 11.1. The summed E-state index contributed by atoms with van der Waals surface area (Å²) in [6, 6.07) is 5.41. The van der Waals surface area contributed by atoms with E-state index in [9.17, 15) is 9.59 Å². The second-order valence-corrected chi connectivity index (χ2v) is 4.50. The molecule has 2 N–H and O–H groups in total. The van der Waals surface area contributed by atoms with Crippen LogP contribution < -0.4 is 14.8 Å². The Kier molecular flexibility index (Phi) is 4.81. The summed E-state index contributed by atoms with van der Waals surface area (Å²) in [5, 5.41) is 11.2. The van der Waals surface area contributed by atoms with Gasteiger partial charge in [0.1, 0.15) is 13.2 Å². The van der Waals surface area contributed by atoms with Gasteiger partial charge < -0.3 is 19.9 Å². The molecular formula is C14H17NO5. The number of ether oxygens (including phenoxy) is 2. The van der Waals surface area contributed by atoms with E-state index >= 15 is 0 Å². The Labute approximate surface area is 116 Å². The molecule has 1 aliphatic rings. The van der Waals surface area contributed by atoms with E-state index in [1.54, 1.807) is 12.1 Å². The van der Waals surface area contributed by atoms with Crippen molar-refractivity contribution >= 4 is 11.9 Å². The summed E-state index contributed by atoms with van der Waals surface area (Å²) in [7, 11) is 0. The van der Waals surface area contributed by atoms with Crippen LogP contribution >= 0.6 is 0 Å². The average Bonchev–Trinajstić information content (AvgIpc) is 2.43. The summed E-state index contributed by atoms with van der Waals surface area (Å²) in [6.45, 7) is 1.42. The summed E-state index contributed by atoms with van der Waals surface area (Å²) >= 11 is 0. The molecule has 108 valence electrons. The Hall–Kier alpha value is -2.24. The second-order valence-electron chi connectivity index (χ2n) is 4.50. The second kappa shape index (κ2) is 6.79. The van der Waals surface area contributed by atoms with Crippen molar-refractivity contribution in [2.45, 2.75) is 19.3 Å². The first-order valence-electron chi connectivity index (χ1n) is 6.52. The van der Waals surface area contributed by atoms with Gasteiger partial charge in [0.05, 0.1) is 6.42 Å². The van der Waals surface area contributed by atoms with Gasteiger partial charge in [0, 0.05) is 13.0 Å². The van der Waals surface area contributed by atoms with Gasteiger partial charge in [0.25, 0.3) is 0 Å². The zero-order chi connectivity index (χ0) is 14.4. The Bertz CT molecular complexity index is 500. The maximum absolute atomic E-state index is 11.7. The molecule has 1 aromatic rings. The molecule has 6 heteroatoms. The lowest BCUT2D eigenvalue weighted by molar-refractivity contribution is -0.137. The molecule has 0 bridgehead atoms. The topological polar surface area (TPSA) is 84.9 Å². The fourth-order valence-electron chi connectivity index (χ4n) is 1.91. The largest absolute Gasteiger partial charge is 0.486 e. The fraction of sp³-hybridized carbons (Fsp3) is 0.429. The first-order valence-corrected chi connectivity index (χ1v) is 6.52. The van der Waals surface area contributed by atoms with E-state index < -0.39 is 5.97 Å². The van der Waals surface area contributed by atoms with E-state index in [0.29, 0.717) is 37.7 Å². The molecular weight excluding hydrogens is 262 g/mol. The van der Waals surface area contributed by atoms with Crippen LogP contribution in [0.2, 0.25) is 0 Å². The summed E-state index contributed by atoms with van der Waals surface area (Å²) in [4.78, 5) is 22.0. The van der Waals surface area contributed by atoms with E-state index in [1.165, 1.54) is 0 Å². The molecule has 0 spiro atoms. The highest BCUT2D eigenvalue weighted by Gasteiger charge is 2.13. The predicted octanol–water partition coefficient (Wildman–Crippen LogP) is 0.981. The first-order chi connectivity index (χ1) is 9.65. The molecule has 0 fully saturated rings. The molecule has 0 aromatic heterocycles. The highest BCUT2D eigenvalue weighted by atomic mass is 16.6. The van der Waals surface area contributed by atoms with Gasteiger partial charge >= 0.3 is 5.97 Å². The third-order valence-corrected chi connectivity index (χ3v) is 2.86. The van der Waals surface area contributed by atoms with E-state index in [1.807, 2.05) is 6.07 Å². The fourth-order valence-corrected chi connectivity index (χ4v) is 1.91. The maximum atomic E-state index is 11.7. The predicted molar refractivity (Wildman–Crippen MR) is 71.0 cm³/mol. The highest BCUT2D eigenvalue weighted by Crippen LogP contribution is 2.30. The van der Waals surface area contributed by atoms with Gasteiger partial charge in [-0.05, 0) is 24.1 Å². The van der Waals surface area contributed by atoms with Crippen molar-refractivity contribution in [3.05, 3.63) is 23.8 Å². The number of rotatable bonds is 6. The quantitative estimate of drug-likeness (QED) is 0.758. The van der Waals surface area contributed by atoms with Gasteiger partial charge in [-0.25, -0.2) is 0 Å². The van der Waals surface area contributed by atoms with Gasteiger partial charge in [-0.1, -0.05) is 6.07 Å². The molecule has 0 saturated carbocycles. The molecule has 0 aliphatic carbocycles. The number of fused-ring (bicyclic) bond motifs is 1. The number of hydrogen-bond acceptors (Lipinski definition) is 4. The van der Waals surface area contributed by atoms with Crippen molar-refractivity contribution in [2.75, 3.05) is 19.8 Å². The van der Waals surface area contributed by atoms with Crippen LogP contribution in [0.3, 0.4) is 0 Å². The minimum Gasteiger partial charge on any atom is -0.486 e. The number of benzene rings is 1. The Morgan fingerprint density at radius 2 is 1.95 bits per heavy atom. The van der Waals surface area contributed by atoms with Crippen LogP contribution in [0.15, 0.2) is 18.2 Å². The molecule has 0 unspecified atom stereocenters. The standard InChI is InChI=1S/C14H17NO5/c16-13(15-5-1-2-14(17)18)9-10-3-4-11-12(8-10)20-7-6-19-11/h3-4,8H,1-2,5-7,9H2,(H,15,16)(H,17,18). The third kappa shape index (κ3) is 4.15. The number of carbonyl (C=O) groups excluding carboxylic acids is 1. The Morgan fingerprint density at radius 3 is 2.70 bits per heavy atom. The molecule has 20 heavy (non-hydrogen) atoms. The van der Waals surface area contributed by atoms with Crippen LogP contribution in [0, 0.1) is 0 Å². The van der Waals surface area contributed by atoms with E-state index in [2.05, 4.69) is 5.32 Å². The molecule has 1 aliphatic heterocycles. The Balaban J connectivity index is 1.80. The molecule has 2 rings (SSSR count). The van der Waals surface area contributed by atoms with Crippen molar-refractivity contribution < 1.29 is 24.2 Å². The van der Waals surface area contributed by atoms with Crippen molar-refractivity contribution in [1.29, 1.82) is 0 Å². The van der Waals surface area contributed by atoms with Gasteiger partial charge in [-0.2, -0.15) is 0 Å². The summed E-state index contributed by atoms with van der Waals surface area (Å²) in [5.41, 5.74) is 0.838. The minimum atomic E-state index is -0.855. The van der Waals surface area contributed by atoms with Crippen LogP contribution in [0.1, 0.15) is 18.4 Å². The van der Waals surface area contributed by atoms with E-state index in [4.69, 9.17) is 14.6 Å². The van der Waals surface area contributed by atoms with Crippen molar-refractivity contribution in [3.8, 4) is 11.5 Å². The molecule has 0 atom stereocenters. The molecule has 0 radical (unpaired) electrons. The zero-order valence-electron chi connectivity index (χ0n) is 11.1. The van der Waals surface area contributed by atoms with Crippen molar-refractivity contribution in [2.24, 2.45) is 0 Å². The third-order valence-electron chi connectivity index (χ3n) is 2.86. The number of amides is 1. The molecule has 0 saturated heterocycles. The minimum absolute atomic E-state index is 0.0598. The normalized spacial score (nSPS) is 12.8. The number of nitrogens with one attached hydrogen (secondary N) is 1. The monoisotopic (exact) mass is 279 g/mol. The number of carboxylic acids is 1. The average molecular weight is 279 g/mol. The number of hydrogen-bond donors (Lipinski definition) is 2. The van der Waals surface area contributed by atoms with E-state index in [-0.39, 0.29) is 18.7 Å². The molecule has 6 nitrogen and oxygen atoms in total. The molecule has 1 aromatic carbocycles. The van der Waals surface area contributed by atoms with Crippen LogP contribution in [0.5, 0.6) is 11.5 Å². The lowest BCUT2D eigenvalue weighted by atomic mass is 10.1. The summed E-state index contributed by atoms with van der Waals surface area (Å²) < 4.78 is 10.9. The van der Waals surface area contributed by atoms with Crippen LogP contribution in [-0.4, -0.2) is 36.7 Å². The lowest BCUT2D eigenvalue weighted by Crippen LogP contribution is -2.26. The molecule has 1 heterocycles. The number of carbonyl (C=O) groups is 2. The van der Waals surface area contributed by atoms with E-state index in [0.717, 1.165) is 5.56 Å². The van der Waals surface area contributed by atoms with Gasteiger partial charge in [-0.15, -0.1) is 0 Å². The summed E-state index contributed by atoms with van der Waals surface area (Å²) in [6.07, 6.45) is 0.732. The molecule has 1 amide bonds. The van der Waals surface area contributed by atoms with Gasteiger partial charge in [0.15, 0.2) is 11.5 Å². The smallest absolute Gasteiger partial charge is 0.303 e. The van der Waals surface area contributed by atoms with Crippen LogP contribution in [-0.2, 0) is 16.0 Å². The number of aliphatic carboxylic acids is 1. The lowest BCUT2D eigenvalue weighted by Gasteiger charge is -2.18. The number of carboxylic acid groups (broad SMARTS) is 1. The van der Waals surface area contributed by atoms with Crippen molar-refractivity contribution in [3.63, 3.8) is 0 Å². The van der Waals surface area contributed by atoms with Gasteiger partial charge in [-0.3, -0.25) is 9.59 Å². The SMILES string of the molecule is O=C(O)CCCNC(=O)Cc1ccc2c(c1)OCCO2. The Morgan fingerprint density at radius 1 is 1.20 bits per heavy atom. The van der Waals surface area contributed by atoms with Crippen LogP contribution in [0.25, 0.3) is 0 Å². The van der Waals surface area contributed by atoms with Crippen molar-refractivity contribution in [1.82, 2.24) is 5.32 Å².